The minimum Gasteiger partial charge on any atom is -0.395 e. The summed E-state index contributed by atoms with van der Waals surface area (Å²) in [6, 6.07) is 5.36. The van der Waals surface area contributed by atoms with Crippen molar-refractivity contribution in [2.24, 2.45) is 0 Å². The molecule has 0 atom stereocenters. The highest BCUT2D eigenvalue weighted by Crippen LogP contribution is 2.12. The largest absolute Gasteiger partial charge is 0.395 e. The van der Waals surface area contributed by atoms with Crippen LogP contribution < -0.4 is 5.32 Å². The first-order valence-corrected chi connectivity index (χ1v) is 6.41. The van der Waals surface area contributed by atoms with Crippen LogP contribution in [-0.4, -0.2) is 27.8 Å². The Bertz CT molecular complexity index is 710. The van der Waals surface area contributed by atoms with Gasteiger partial charge in [0.2, 0.25) is 0 Å². The average molecular weight is 285 g/mol. The molecule has 2 rings (SSSR count). The van der Waals surface area contributed by atoms with E-state index in [1.807, 2.05) is 13.0 Å². The Morgan fingerprint density at radius 3 is 2.86 bits per heavy atom. The summed E-state index contributed by atoms with van der Waals surface area (Å²) in [6.45, 7) is 3.56. The third kappa shape index (κ3) is 4.16. The smallest absolute Gasteiger partial charge is 0.328 e. The van der Waals surface area contributed by atoms with Crippen LogP contribution in [0.15, 0.2) is 22.7 Å². The molecule has 2 N–H and O–H groups in total. The fraction of sp³-hybridized carbons (Fsp3) is 0.267. The van der Waals surface area contributed by atoms with E-state index in [1.165, 1.54) is 0 Å². The lowest BCUT2D eigenvalue weighted by atomic mass is 10.1. The Morgan fingerprint density at radius 1 is 1.38 bits per heavy atom. The number of aliphatic hydroxyl groups excluding tert-OH is 1. The second kappa shape index (κ2) is 6.68. The zero-order valence-corrected chi connectivity index (χ0v) is 11.8. The van der Waals surface area contributed by atoms with E-state index in [0.717, 1.165) is 11.1 Å². The molecule has 0 bridgehead atoms. The van der Waals surface area contributed by atoms with Crippen LogP contribution in [-0.2, 0) is 0 Å². The number of hydrogen-bond acceptors (Lipinski definition) is 5. The molecule has 0 fully saturated rings. The minimum atomic E-state index is -0.340. The van der Waals surface area contributed by atoms with Gasteiger partial charge in [-0.15, -0.1) is 0 Å². The number of amides is 1. The first-order chi connectivity index (χ1) is 10.1. The standard InChI is InChI=1S/C15H15N3O3/c1-10-7-12(5-3-4-6-19)9-13(8-10)14(20)17-15-16-11(2)18-21-15/h7-9,19H,4,6H2,1-2H3,(H,16,17,18,20). The maximum atomic E-state index is 12.1. The summed E-state index contributed by atoms with van der Waals surface area (Å²) in [6.07, 6.45) is 0.400. The van der Waals surface area contributed by atoms with E-state index in [-0.39, 0.29) is 18.5 Å². The molecular formula is C15H15N3O3. The van der Waals surface area contributed by atoms with E-state index in [0.29, 0.717) is 17.8 Å². The van der Waals surface area contributed by atoms with Crippen molar-refractivity contribution in [3.05, 3.63) is 40.7 Å². The second-order valence-electron chi connectivity index (χ2n) is 4.46. The fourth-order valence-corrected chi connectivity index (χ4v) is 1.72. The van der Waals surface area contributed by atoms with Gasteiger partial charge in [-0.25, -0.2) is 0 Å². The number of hydrogen-bond donors (Lipinski definition) is 2. The molecule has 1 amide bonds. The lowest BCUT2D eigenvalue weighted by Gasteiger charge is -2.03. The predicted octanol–water partition coefficient (Wildman–Crippen LogP) is 1.67. The molecule has 0 unspecified atom stereocenters. The number of aliphatic hydroxyl groups is 1. The van der Waals surface area contributed by atoms with Gasteiger partial charge in [-0.1, -0.05) is 17.0 Å². The number of benzene rings is 1. The third-order valence-corrected chi connectivity index (χ3v) is 2.56. The summed E-state index contributed by atoms with van der Waals surface area (Å²) < 4.78 is 4.85. The van der Waals surface area contributed by atoms with E-state index in [4.69, 9.17) is 9.63 Å². The zero-order chi connectivity index (χ0) is 15.2. The second-order valence-corrected chi connectivity index (χ2v) is 4.46. The molecule has 0 spiro atoms. The SMILES string of the molecule is Cc1cc(C#CCCO)cc(C(=O)Nc2nc(C)no2)c1. The number of rotatable bonds is 3. The summed E-state index contributed by atoms with van der Waals surface area (Å²) in [7, 11) is 0. The van der Waals surface area contributed by atoms with Gasteiger partial charge >= 0.3 is 6.01 Å². The lowest BCUT2D eigenvalue weighted by Crippen LogP contribution is -2.12. The molecule has 1 aromatic heterocycles. The molecule has 0 aliphatic rings. The maximum absolute atomic E-state index is 12.1. The van der Waals surface area contributed by atoms with Crippen LogP contribution >= 0.6 is 0 Å². The average Bonchev–Trinajstić information content (AvgIpc) is 2.84. The number of anilines is 1. The summed E-state index contributed by atoms with van der Waals surface area (Å²) in [5, 5.41) is 14.9. The van der Waals surface area contributed by atoms with E-state index >= 15 is 0 Å². The fourth-order valence-electron chi connectivity index (χ4n) is 1.72. The zero-order valence-electron chi connectivity index (χ0n) is 11.8. The Labute approximate surface area is 122 Å². The number of aromatic nitrogens is 2. The monoisotopic (exact) mass is 285 g/mol. The molecule has 1 aromatic carbocycles. The van der Waals surface area contributed by atoms with Gasteiger partial charge in [-0.05, 0) is 37.6 Å². The van der Waals surface area contributed by atoms with Gasteiger partial charge in [0.15, 0.2) is 5.82 Å². The van der Waals surface area contributed by atoms with Gasteiger partial charge in [0.05, 0.1) is 6.61 Å². The number of carbonyl (C=O) groups excluding carboxylic acids is 1. The molecule has 2 aromatic rings. The molecule has 0 radical (unpaired) electrons. The topological polar surface area (TPSA) is 88.2 Å². The Kier molecular flexibility index (Phi) is 4.69. The van der Waals surface area contributed by atoms with Crippen LogP contribution in [0.3, 0.4) is 0 Å². The molecule has 6 nitrogen and oxygen atoms in total. The number of nitrogens with zero attached hydrogens (tertiary/aromatic N) is 2. The van der Waals surface area contributed by atoms with Crippen LogP contribution in [0.25, 0.3) is 0 Å². The normalized spacial score (nSPS) is 9.86. The number of carbonyl (C=O) groups is 1. The van der Waals surface area contributed by atoms with Gasteiger partial charge in [0, 0.05) is 17.5 Å². The van der Waals surface area contributed by atoms with E-state index in [1.54, 1.807) is 19.1 Å². The summed E-state index contributed by atoms with van der Waals surface area (Å²) in [4.78, 5) is 16.0. The van der Waals surface area contributed by atoms with Crippen molar-refractivity contribution in [1.29, 1.82) is 0 Å². The molecule has 0 saturated carbocycles. The first-order valence-electron chi connectivity index (χ1n) is 6.41. The molecular weight excluding hydrogens is 270 g/mol. The van der Waals surface area contributed by atoms with E-state index in [2.05, 4.69) is 27.3 Å². The van der Waals surface area contributed by atoms with Crippen molar-refractivity contribution >= 4 is 11.9 Å². The van der Waals surface area contributed by atoms with Crippen LogP contribution in [0, 0.1) is 25.7 Å². The predicted molar refractivity (Wildman–Crippen MR) is 76.7 cm³/mol. The molecule has 1 heterocycles. The summed E-state index contributed by atoms with van der Waals surface area (Å²) in [5.41, 5.74) is 2.09. The summed E-state index contributed by atoms with van der Waals surface area (Å²) >= 11 is 0. The maximum Gasteiger partial charge on any atom is 0.328 e. The first kappa shape index (κ1) is 14.8. The van der Waals surface area contributed by atoms with Crippen molar-refractivity contribution < 1.29 is 14.4 Å². The molecule has 21 heavy (non-hydrogen) atoms. The number of aryl methyl sites for hydroxylation is 2. The van der Waals surface area contributed by atoms with Gasteiger partial charge < -0.3 is 9.63 Å². The third-order valence-electron chi connectivity index (χ3n) is 2.56. The minimum absolute atomic E-state index is 0.0165. The Morgan fingerprint density at radius 2 is 2.19 bits per heavy atom. The molecule has 6 heteroatoms. The Balaban J connectivity index is 2.19. The highest BCUT2D eigenvalue weighted by molar-refractivity contribution is 6.03. The van der Waals surface area contributed by atoms with Crippen LogP contribution in [0.4, 0.5) is 6.01 Å². The lowest BCUT2D eigenvalue weighted by molar-refractivity contribution is 0.102. The van der Waals surface area contributed by atoms with Crippen molar-refractivity contribution in [2.75, 3.05) is 11.9 Å². The Hall–Kier alpha value is -2.65. The van der Waals surface area contributed by atoms with Gasteiger partial charge in [0.1, 0.15) is 0 Å². The van der Waals surface area contributed by atoms with Crippen molar-refractivity contribution in [2.45, 2.75) is 20.3 Å². The van der Waals surface area contributed by atoms with Crippen LogP contribution in [0.2, 0.25) is 0 Å². The summed E-state index contributed by atoms with van der Waals surface area (Å²) in [5.74, 6) is 5.84. The van der Waals surface area contributed by atoms with Gasteiger partial charge in [0.25, 0.3) is 5.91 Å². The molecule has 0 saturated heterocycles. The van der Waals surface area contributed by atoms with Crippen molar-refractivity contribution in [1.82, 2.24) is 10.1 Å². The van der Waals surface area contributed by atoms with Gasteiger partial charge in [-0.3, -0.25) is 10.1 Å². The quantitative estimate of drug-likeness (QED) is 0.837. The van der Waals surface area contributed by atoms with Crippen molar-refractivity contribution in [3.63, 3.8) is 0 Å². The highest BCUT2D eigenvalue weighted by atomic mass is 16.5. The van der Waals surface area contributed by atoms with Crippen LogP contribution in [0.5, 0.6) is 0 Å². The van der Waals surface area contributed by atoms with E-state index < -0.39 is 0 Å². The molecule has 0 aliphatic carbocycles. The highest BCUT2D eigenvalue weighted by Gasteiger charge is 2.11. The van der Waals surface area contributed by atoms with Crippen molar-refractivity contribution in [3.8, 4) is 11.8 Å². The molecule has 0 aliphatic heterocycles. The van der Waals surface area contributed by atoms with Gasteiger partial charge in [-0.2, -0.15) is 4.98 Å². The van der Waals surface area contributed by atoms with Crippen LogP contribution in [0.1, 0.15) is 33.7 Å². The number of nitrogens with one attached hydrogen (secondary N) is 1. The molecule has 108 valence electrons. The van der Waals surface area contributed by atoms with E-state index in [9.17, 15) is 4.79 Å².